The van der Waals surface area contributed by atoms with Crippen molar-refractivity contribution in [3.05, 3.63) is 53.7 Å². The van der Waals surface area contributed by atoms with Crippen LogP contribution in [0.15, 0.2) is 40.9 Å². The second-order valence-corrected chi connectivity index (χ2v) is 5.47. The number of carbonyl (C=O) groups excluding carboxylic acids is 1. The van der Waals surface area contributed by atoms with Crippen molar-refractivity contribution in [2.24, 2.45) is 0 Å². The summed E-state index contributed by atoms with van der Waals surface area (Å²) in [6.07, 6.45) is -1.000. The molecular weight excluding hydrogens is 323 g/mol. The van der Waals surface area contributed by atoms with Gasteiger partial charge in [0.25, 0.3) is 0 Å². The van der Waals surface area contributed by atoms with E-state index in [1.54, 1.807) is 11.0 Å². The van der Waals surface area contributed by atoms with Gasteiger partial charge >= 0.3 is 12.1 Å². The SMILES string of the molecule is O=C(C=Cc1ccccc1)N1CCC(c2noc(C(F)(F)F)n2)C1. The molecule has 1 aliphatic heterocycles. The van der Waals surface area contributed by atoms with E-state index in [4.69, 9.17) is 0 Å². The normalized spacial score (nSPS) is 18.5. The predicted octanol–water partition coefficient (Wildman–Crippen LogP) is 3.12. The smallest absolute Gasteiger partial charge is 0.338 e. The van der Waals surface area contributed by atoms with E-state index in [2.05, 4.69) is 14.7 Å². The van der Waals surface area contributed by atoms with Gasteiger partial charge in [-0.15, -0.1) is 0 Å². The van der Waals surface area contributed by atoms with Crippen molar-refractivity contribution in [2.45, 2.75) is 18.5 Å². The number of benzene rings is 1. The number of hydrogen-bond donors (Lipinski definition) is 0. The Bertz CT molecular complexity index is 741. The lowest BCUT2D eigenvalue weighted by Crippen LogP contribution is -2.26. The van der Waals surface area contributed by atoms with Crippen LogP contribution < -0.4 is 0 Å². The molecular formula is C16H14F3N3O2. The van der Waals surface area contributed by atoms with Crippen molar-refractivity contribution in [1.82, 2.24) is 15.0 Å². The first-order chi connectivity index (χ1) is 11.4. The summed E-state index contributed by atoms with van der Waals surface area (Å²) < 4.78 is 41.7. The summed E-state index contributed by atoms with van der Waals surface area (Å²) in [5.41, 5.74) is 0.898. The molecule has 1 amide bonds. The van der Waals surface area contributed by atoms with Gasteiger partial charge in [-0.1, -0.05) is 35.5 Å². The minimum atomic E-state index is -4.65. The van der Waals surface area contributed by atoms with Gasteiger partial charge in [-0.25, -0.2) is 0 Å². The van der Waals surface area contributed by atoms with Gasteiger partial charge in [0.15, 0.2) is 5.82 Å². The summed E-state index contributed by atoms with van der Waals surface area (Å²) in [7, 11) is 0. The summed E-state index contributed by atoms with van der Waals surface area (Å²) in [5, 5.41) is 3.39. The first-order valence-corrected chi connectivity index (χ1v) is 7.36. The maximum absolute atomic E-state index is 12.5. The number of aromatic nitrogens is 2. The lowest BCUT2D eigenvalue weighted by atomic mass is 10.1. The Balaban J connectivity index is 1.62. The standard InChI is InChI=1S/C16H14F3N3O2/c17-16(18,19)15-20-14(21-24-15)12-8-9-22(10-12)13(23)7-6-11-4-2-1-3-5-11/h1-7,12H,8-10H2. The minimum absolute atomic E-state index is 0.00957. The van der Waals surface area contributed by atoms with Crippen LogP contribution in [0.5, 0.6) is 0 Å². The molecule has 0 radical (unpaired) electrons. The number of rotatable bonds is 3. The summed E-state index contributed by atoms with van der Waals surface area (Å²) in [4.78, 5) is 17.1. The van der Waals surface area contributed by atoms with Gasteiger partial charge in [0.2, 0.25) is 5.91 Å². The van der Waals surface area contributed by atoms with Gasteiger partial charge in [-0.2, -0.15) is 18.2 Å². The number of alkyl halides is 3. The molecule has 2 aromatic rings. The Morgan fingerprint density at radius 2 is 2.04 bits per heavy atom. The van der Waals surface area contributed by atoms with E-state index in [0.717, 1.165) is 5.56 Å². The third kappa shape index (κ3) is 3.64. The van der Waals surface area contributed by atoms with E-state index in [9.17, 15) is 18.0 Å². The quantitative estimate of drug-likeness (QED) is 0.808. The average Bonchev–Trinajstić information content (AvgIpc) is 3.21. The maximum atomic E-state index is 12.5. The molecule has 0 N–H and O–H groups in total. The van der Waals surface area contributed by atoms with Crippen molar-refractivity contribution < 1.29 is 22.5 Å². The highest BCUT2D eigenvalue weighted by atomic mass is 19.4. The number of amides is 1. The number of carbonyl (C=O) groups is 1. The lowest BCUT2D eigenvalue weighted by molar-refractivity contribution is -0.159. The zero-order chi connectivity index (χ0) is 17.2. The van der Waals surface area contributed by atoms with Gasteiger partial charge in [0.05, 0.1) is 0 Å². The molecule has 0 aliphatic carbocycles. The van der Waals surface area contributed by atoms with Crippen LogP contribution in [0, 0.1) is 0 Å². The van der Waals surface area contributed by atoms with E-state index in [1.807, 2.05) is 30.3 Å². The van der Waals surface area contributed by atoms with Crippen LogP contribution in [0.25, 0.3) is 6.08 Å². The molecule has 2 heterocycles. The van der Waals surface area contributed by atoms with Crippen LogP contribution in [0.3, 0.4) is 0 Å². The summed E-state index contributed by atoms with van der Waals surface area (Å²) in [6.45, 7) is 0.716. The van der Waals surface area contributed by atoms with Crippen LogP contribution in [0.4, 0.5) is 13.2 Å². The van der Waals surface area contributed by atoms with Crippen molar-refractivity contribution in [1.29, 1.82) is 0 Å². The molecule has 126 valence electrons. The second kappa shape index (κ2) is 6.46. The Morgan fingerprint density at radius 3 is 2.71 bits per heavy atom. The van der Waals surface area contributed by atoms with Gasteiger partial charge < -0.3 is 9.42 Å². The summed E-state index contributed by atoms with van der Waals surface area (Å²) in [6, 6.07) is 9.35. The molecule has 1 aromatic carbocycles. The van der Waals surface area contributed by atoms with E-state index in [-0.39, 0.29) is 24.2 Å². The number of nitrogens with zero attached hydrogens (tertiary/aromatic N) is 3. The molecule has 3 rings (SSSR count). The topological polar surface area (TPSA) is 59.2 Å². The molecule has 0 spiro atoms. The van der Waals surface area contributed by atoms with E-state index < -0.39 is 12.1 Å². The largest absolute Gasteiger partial charge is 0.471 e. The number of likely N-dealkylation sites (tertiary alicyclic amines) is 1. The fourth-order valence-electron chi connectivity index (χ4n) is 2.52. The highest BCUT2D eigenvalue weighted by Crippen LogP contribution is 2.31. The Hall–Kier alpha value is -2.64. The van der Waals surface area contributed by atoms with Gasteiger partial charge in [-0.3, -0.25) is 4.79 Å². The third-order valence-electron chi connectivity index (χ3n) is 3.77. The molecule has 24 heavy (non-hydrogen) atoms. The first kappa shape index (κ1) is 16.2. The highest BCUT2D eigenvalue weighted by molar-refractivity contribution is 5.92. The maximum Gasteiger partial charge on any atom is 0.471 e. The molecule has 1 fully saturated rings. The first-order valence-electron chi connectivity index (χ1n) is 7.36. The highest BCUT2D eigenvalue weighted by Gasteiger charge is 2.40. The van der Waals surface area contributed by atoms with Crippen LogP contribution >= 0.6 is 0 Å². The molecule has 1 unspecified atom stereocenters. The number of hydrogen-bond acceptors (Lipinski definition) is 4. The predicted molar refractivity (Wildman–Crippen MR) is 78.7 cm³/mol. The van der Waals surface area contributed by atoms with E-state index in [1.165, 1.54) is 6.08 Å². The fraction of sp³-hybridized carbons (Fsp3) is 0.312. The fourth-order valence-corrected chi connectivity index (χ4v) is 2.52. The van der Waals surface area contributed by atoms with Crippen LogP contribution in [0.1, 0.15) is 29.6 Å². The van der Waals surface area contributed by atoms with Crippen molar-refractivity contribution >= 4 is 12.0 Å². The minimum Gasteiger partial charge on any atom is -0.338 e. The molecule has 8 heteroatoms. The number of halogens is 3. The molecule has 0 saturated carbocycles. The molecule has 1 saturated heterocycles. The van der Waals surface area contributed by atoms with E-state index in [0.29, 0.717) is 13.0 Å². The van der Waals surface area contributed by atoms with Crippen molar-refractivity contribution in [3.8, 4) is 0 Å². The zero-order valence-corrected chi connectivity index (χ0v) is 12.5. The third-order valence-corrected chi connectivity index (χ3v) is 3.77. The lowest BCUT2D eigenvalue weighted by Gasteiger charge is -2.13. The van der Waals surface area contributed by atoms with E-state index >= 15 is 0 Å². The summed E-state index contributed by atoms with van der Waals surface area (Å²) in [5.74, 6) is -1.91. The van der Waals surface area contributed by atoms with Crippen LogP contribution in [-0.4, -0.2) is 34.0 Å². The molecule has 0 bridgehead atoms. The van der Waals surface area contributed by atoms with Crippen LogP contribution in [0.2, 0.25) is 0 Å². The second-order valence-electron chi connectivity index (χ2n) is 5.47. The monoisotopic (exact) mass is 337 g/mol. The molecule has 1 aromatic heterocycles. The summed E-state index contributed by atoms with van der Waals surface area (Å²) >= 11 is 0. The van der Waals surface area contributed by atoms with Crippen LogP contribution in [-0.2, 0) is 11.0 Å². The molecule has 5 nitrogen and oxygen atoms in total. The zero-order valence-electron chi connectivity index (χ0n) is 12.5. The van der Waals surface area contributed by atoms with Crippen molar-refractivity contribution in [2.75, 3.05) is 13.1 Å². The Kier molecular flexibility index (Phi) is 4.37. The Morgan fingerprint density at radius 1 is 1.29 bits per heavy atom. The average molecular weight is 337 g/mol. The van der Waals surface area contributed by atoms with Crippen molar-refractivity contribution in [3.63, 3.8) is 0 Å². The Labute approximate surface area is 135 Å². The van der Waals surface area contributed by atoms with Gasteiger partial charge in [0, 0.05) is 25.1 Å². The molecule has 1 aliphatic rings. The molecule has 1 atom stereocenters. The van der Waals surface area contributed by atoms with Gasteiger partial charge in [0.1, 0.15) is 0 Å². The van der Waals surface area contributed by atoms with Gasteiger partial charge in [-0.05, 0) is 18.1 Å².